The number of nitrogens with one attached hydrogen (secondary N) is 1. The highest BCUT2D eigenvalue weighted by Gasteiger charge is 2.30. The molecular weight excluding hydrogens is 405 g/mol. The SMILES string of the molecule is CCN1c2cc(F)c(/C=N/NC(=O)COc3ccccc3Cl)cc2C(C)=CC1(C)C. The molecule has 0 radical (unpaired) electrons. The number of rotatable bonds is 6. The Labute approximate surface area is 181 Å². The van der Waals surface area contributed by atoms with Crippen LogP contribution in [-0.2, 0) is 4.79 Å². The fourth-order valence-corrected chi connectivity index (χ4v) is 3.89. The molecule has 0 aliphatic carbocycles. The summed E-state index contributed by atoms with van der Waals surface area (Å²) in [6, 6.07) is 10.1. The largest absolute Gasteiger partial charge is 0.482 e. The number of para-hydroxylation sites is 1. The molecular formula is C23H25ClFN3O2. The Hall–Kier alpha value is -2.86. The van der Waals surface area contributed by atoms with Crippen molar-refractivity contribution < 1.29 is 13.9 Å². The standard InChI is InChI=1S/C23H25ClFN3O2/c1-5-28-20-11-19(25)16(10-17(20)15(2)12-23(28,3)4)13-26-27-22(29)14-30-21-9-7-6-8-18(21)24/h6-13H,5,14H2,1-4H3,(H,27,29)/b26-13+. The van der Waals surface area contributed by atoms with Gasteiger partial charge in [0.05, 0.1) is 16.8 Å². The van der Waals surface area contributed by atoms with Gasteiger partial charge in [0.25, 0.3) is 5.91 Å². The van der Waals surface area contributed by atoms with E-state index in [4.69, 9.17) is 16.3 Å². The molecule has 2 aromatic carbocycles. The number of hydrazone groups is 1. The molecule has 0 fully saturated rings. The van der Waals surface area contributed by atoms with E-state index in [1.165, 1.54) is 12.3 Å². The lowest BCUT2D eigenvalue weighted by molar-refractivity contribution is -0.123. The molecule has 1 aliphatic heterocycles. The Morgan fingerprint density at radius 2 is 2.07 bits per heavy atom. The van der Waals surface area contributed by atoms with E-state index < -0.39 is 11.7 Å². The summed E-state index contributed by atoms with van der Waals surface area (Å²) in [5.74, 6) is -0.466. The van der Waals surface area contributed by atoms with E-state index in [2.05, 4.69) is 35.4 Å². The summed E-state index contributed by atoms with van der Waals surface area (Å²) in [4.78, 5) is 14.1. The van der Waals surface area contributed by atoms with Crippen LogP contribution in [0.25, 0.3) is 5.57 Å². The Balaban J connectivity index is 1.70. The molecule has 0 spiro atoms. The van der Waals surface area contributed by atoms with Gasteiger partial charge in [0.2, 0.25) is 0 Å². The first-order chi connectivity index (χ1) is 14.2. The van der Waals surface area contributed by atoms with Gasteiger partial charge in [-0.1, -0.05) is 29.8 Å². The van der Waals surface area contributed by atoms with Gasteiger partial charge >= 0.3 is 0 Å². The Morgan fingerprint density at radius 3 is 2.77 bits per heavy atom. The van der Waals surface area contributed by atoms with Crippen LogP contribution in [0.1, 0.15) is 38.8 Å². The third-order valence-corrected chi connectivity index (χ3v) is 5.31. The average molecular weight is 430 g/mol. The number of hydrogen-bond acceptors (Lipinski definition) is 4. The first-order valence-electron chi connectivity index (χ1n) is 9.73. The molecule has 158 valence electrons. The molecule has 0 aromatic heterocycles. The number of halogens is 2. The molecule has 0 saturated carbocycles. The second kappa shape index (κ2) is 8.88. The van der Waals surface area contributed by atoms with E-state index in [1.54, 1.807) is 30.3 Å². The van der Waals surface area contributed by atoms with Crippen LogP contribution in [0.4, 0.5) is 10.1 Å². The number of hydrogen-bond donors (Lipinski definition) is 1. The molecule has 0 bridgehead atoms. The van der Waals surface area contributed by atoms with Crippen molar-refractivity contribution in [2.75, 3.05) is 18.1 Å². The molecule has 1 heterocycles. The van der Waals surface area contributed by atoms with Gasteiger partial charge in [0, 0.05) is 23.4 Å². The van der Waals surface area contributed by atoms with Gasteiger partial charge in [-0.05, 0) is 57.5 Å². The van der Waals surface area contributed by atoms with Gasteiger partial charge in [-0.15, -0.1) is 0 Å². The number of allylic oxidation sites excluding steroid dienone is 1. The predicted molar refractivity (Wildman–Crippen MR) is 120 cm³/mol. The number of amides is 1. The molecule has 1 aliphatic rings. The predicted octanol–water partition coefficient (Wildman–Crippen LogP) is 5.03. The normalized spacial score (nSPS) is 15.0. The summed E-state index contributed by atoms with van der Waals surface area (Å²) in [5, 5.41) is 4.28. The minimum Gasteiger partial charge on any atom is -0.482 e. The van der Waals surface area contributed by atoms with Gasteiger partial charge in [-0.25, -0.2) is 9.82 Å². The van der Waals surface area contributed by atoms with E-state index in [0.717, 1.165) is 23.4 Å². The minimum absolute atomic E-state index is 0.191. The first kappa shape index (κ1) is 21.8. The average Bonchev–Trinajstić information content (AvgIpc) is 2.68. The molecule has 0 saturated heterocycles. The van der Waals surface area contributed by atoms with Crippen LogP contribution >= 0.6 is 11.6 Å². The number of likely N-dealkylation sites (N-methyl/N-ethyl adjacent to an activating group) is 1. The van der Waals surface area contributed by atoms with E-state index in [-0.39, 0.29) is 12.1 Å². The van der Waals surface area contributed by atoms with Crippen molar-refractivity contribution in [3.05, 3.63) is 64.4 Å². The Bertz CT molecular complexity index is 1020. The van der Waals surface area contributed by atoms with Gasteiger partial charge in [0.15, 0.2) is 6.61 Å². The highest BCUT2D eigenvalue weighted by atomic mass is 35.5. The van der Waals surface area contributed by atoms with Gasteiger partial charge < -0.3 is 9.64 Å². The fraction of sp³-hybridized carbons (Fsp3) is 0.304. The zero-order chi connectivity index (χ0) is 21.9. The summed E-state index contributed by atoms with van der Waals surface area (Å²) >= 11 is 5.98. The third kappa shape index (κ3) is 4.65. The van der Waals surface area contributed by atoms with E-state index in [9.17, 15) is 9.18 Å². The van der Waals surface area contributed by atoms with Crippen LogP contribution in [0.5, 0.6) is 5.75 Å². The van der Waals surface area contributed by atoms with Crippen LogP contribution in [0.2, 0.25) is 5.02 Å². The van der Waals surface area contributed by atoms with E-state index >= 15 is 0 Å². The molecule has 1 amide bonds. The van der Waals surface area contributed by atoms with Crippen LogP contribution < -0.4 is 15.1 Å². The Kier molecular flexibility index (Phi) is 6.46. The zero-order valence-electron chi connectivity index (χ0n) is 17.5. The fourth-order valence-electron chi connectivity index (χ4n) is 3.70. The first-order valence-corrected chi connectivity index (χ1v) is 10.1. The number of carbonyl (C=O) groups excluding carboxylic acids is 1. The van der Waals surface area contributed by atoms with Crippen molar-refractivity contribution in [1.82, 2.24) is 5.43 Å². The molecule has 7 heteroatoms. The summed E-state index contributed by atoms with van der Waals surface area (Å²) in [7, 11) is 0. The molecule has 1 N–H and O–H groups in total. The molecule has 3 rings (SSSR count). The Morgan fingerprint density at radius 1 is 1.33 bits per heavy atom. The number of fused-ring (bicyclic) bond motifs is 1. The maximum atomic E-state index is 14.7. The number of anilines is 1. The monoisotopic (exact) mass is 429 g/mol. The molecule has 0 atom stereocenters. The minimum atomic E-state index is -0.473. The molecule has 5 nitrogen and oxygen atoms in total. The van der Waals surface area contributed by atoms with E-state index in [1.807, 2.05) is 13.8 Å². The van der Waals surface area contributed by atoms with Crippen LogP contribution in [0.3, 0.4) is 0 Å². The van der Waals surface area contributed by atoms with Crippen molar-refractivity contribution >= 4 is 35.0 Å². The molecule has 30 heavy (non-hydrogen) atoms. The van der Waals surface area contributed by atoms with Crippen molar-refractivity contribution in [2.45, 2.75) is 33.2 Å². The lowest BCUT2D eigenvalue weighted by Crippen LogP contribution is -2.45. The van der Waals surface area contributed by atoms with Crippen molar-refractivity contribution in [3.8, 4) is 5.75 Å². The summed E-state index contributed by atoms with van der Waals surface area (Å²) in [6.45, 7) is 8.79. The quantitative estimate of drug-likeness (QED) is 0.517. The van der Waals surface area contributed by atoms with Crippen molar-refractivity contribution in [1.29, 1.82) is 0 Å². The van der Waals surface area contributed by atoms with Crippen molar-refractivity contribution in [2.24, 2.45) is 5.10 Å². The topological polar surface area (TPSA) is 53.9 Å². The highest BCUT2D eigenvalue weighted by molar-refractivity contribution is 6.32. The maximum Gasteiger partial charge on any atom is 0.277 e. The summed E-state index contributed by atoms with van der Waals surface area (Å²) in [6.07, 6.45) is 3.47. The van der Waals surface area contributed by atoms with Gasteiger partial charge in [-0.2, -0.15) is 5.10 Å². The number of benzene rings is 2. The third-order valence-electron chi connectivity index (χ3n) is 5.00. The number of carbonyl (C=O) groups is 1. The maximum absolute atomic E-state index is 14.7. The van der Waals surface area contributed by atoms with Gasteiger partial charge in [-0.3, -0.25) is 4.79 Å². The lowest BCUT2D eigenvalue weighted by atomic mass is 9.88. The van der Waals surface area contributed by atoms with Crippen molar-refractivity contribution in [3.63, 3.8) is 0 Å². The lowest BCUT2D eigenvalue weighted by Gasteiger charge is -2.42. The molecule has 0 unspecified atom stereocenters. The van der Waals surface area contributed by atoms with Crippen LogP contribution in [-0.4, -0.2) is 30.8 Å². The van der Waals surface area contributed by atoms with Crippen LogP contribution in [0, 0.1) is 5.82 Å². The molecule has 2 aromatic rings. The van der Waals surface area contributed by atoms with Crippen LogP contribution in [0.15, 0.2) is 47.6 Å². The van der Waals surface area contributed by atoms with Gasteiger partial charge in [0.1, 0.15) is 11.6 Å². The number of nitrogens with zero attached hydrogens (tertiary/aromatic N) is 2. The second-order valence-electron chi connectivity index (χ2n) is 7.63. The van der Waals surface area contributed by atoms with E-state index in [0.29, 0.717) is 16.3 Å². The smallest absolute Gasteiger partial charge is 0.277 e. The summed E-state index contributed by atoms with van der Waals surface area (Å²) in [5.41, 5.74) is 5.33. The second-order valence-corrected chi connectivity index (χ2v) is 8.04. The number of ether oxygens (including phenoxy) is 1. The summed E-state index contributed by atoms with van der Waals surface area (Å²) < 4.78 is 20.1. The highest BCUT2D eigenvalue weighted by Crippen LogP contribution is 2.39. The zero-order valence-corrected chi connectivity index (χ0v) is 18.3.